The number of ether oxygens (including phenoxy) is 1. The maximum atomic E-state index is 12.7. The Morgan fingerprint density at radius 2 is 1.96 bits per heavy atom. The summed E-state index contributed by atoms with van der Waals surface area (Å²) in [4.78, 5) is 19.5. The molecule has 6 nitrogen and oxygen atoms in total. The van der Waals surface area contributed by atoms with E-state index in [2.05, 4.69) is 29.2 Å². The normalized spacial score (nSPS) is 24.1. The Hall–Kier alpha value is -1.79. The molecule has 1 aromatic carbocycles. The van der Waals surface area contributed by atoms with E-state index in [0.29, 0.717) is 12.0 Å². The Morgan fingerprint density at radius 1 is 1.20 bits per heavy atom. The number of fused-ring (bicyclic) bond motifs is 1. The number of hydrogen-bond donors (Lipinski definition) is 1. The predicted octanol–water partition coefficient (Wildman–Crippen LogP) is 2.18. The van der Waals surface area contributed by atoms with Gasteiger partial charge in [-0.3, -0.25) is 4.90 Å². The van der Waals surface area contributed by atoms with Gasteiger partial charge in [-0.05, 0) is 57.1 Å². The van der Waals surface area contributed by atoms with Crippen LogP contribution in [0.4, 0.5) is 10.5 Å². The van der Waals surface area contributed by atoms with Crippen LogP contribution in [0.25, 0.3) is 0 Å². The fourth-order valence-electron chi connectivity index (χ4n) is 3.78. The van der Waals surface area contributed by atoms with Crippen molar-refractivity contribution in [2.75, 3.05) is 59.2 Å². The van der Waals surface area contributed by atoms with Gasteiger partial charge in [-0.2, -0.15) is 0 Å². The van der Waals surface area contributed by atoms with Crippen molar-refractivity contribution in [3.8, 4) is 5.75 Å². The summed E-state index contributed by atoms with van der Waals surface area (Å²) in [5.74, 6) is 1.41. The third-order valence-corrected chi connectivity index (χ3v) is 5.25. The molecule has 0 spiro atoms. The molecule has 1 N–H and O–H groups in total. The van der Waals surface area contributed by atoms with Crippen molar-refractivity contribution < 1.29 is 9.53 Å². The van der Waals surface area contributed by atoms with Crippen LogP contribution in [0.15, 0.2) is 24.3 Å². The molecule has 2 heterocycles. The summed E-state index contributed by atoms with van der Waals surface area (Å²) in [5, 5.41) is 3.03. The molecule has 2 atom stereocenters. The van der Waals surface area contributed by atoms with Crippen LogP contribution in [0.5, 0.6) is 5.75 Å². The minimum Gasteiger partial charge on any atom is -0.497 e. The van der Waals surface area contributed by atoms with Gasteiger partial charge in [-0.1, -0.05) is 0 Å². The van der Waals surface area contributed by atoms with E-state index in [1.165, 1.54) is 13.0 Å². The maximum absolute atomic E-state index is 12.7. The van der Waals surface area contributed by atoms with Crippen LogP contribution >= 0.6 is 0 Å². The minimum atomic E-state index is 0.00233. The first-order valence-corrected chi connectivity index (χ1v) is 9.14. The number of carbonyl (C=O) groups excluding carboxylic acids is 1. The van der Waals surface area contributed by atoms with Gasteiger partial charge in [-0.15, -0.1) is 0 Å². The van der Waals surface area contributed by atoms with Crippen molar-refractivity contribution in [3.05, 3.63) is 24.3 Å². The second-order valence-corrected chi connectivity index (χ2v) is 7.46. The van der Waals surface area contributed by atoms with Crippen LogP contribution < -0.4 is 10.1 Å². The maximum Gasteiger partial charge on any atom is 0.321 e. The molecule has 6 heteroatoms. The highest BCUT2D eigenvalue weighted by atomic mass is 16.5. The molecular formula is C19H30N4O2. The van der Waals surface area contributed by atoms with Crippen molar-refractivity contribution in [3.63, 3.8) is 0 Å². The number of carbonyl (C=O) groups is 1. The zero-order chi connectivity index (χ0) is 17.8. The van der Waals surface area contributed by atoms with E-state index in [1.807, 2.05) is 29.2 Å². The molecule has 1 unspecified atom stereocenters. The van der Waals surface area contributed by atoms with Crippen molar-refractivity contribution in [2.24, 2.45) is 5.92 Å². The van der Waals surface area contributed by atoms with E-state index in [4.69, 9.17) is 4.74 Å². The monoisotopic (exact) mass is 346 g/mol. The number of benzene rings is 1. The number of methoxy groups -OCH3 is 1. The molecule has 0 bridgehead atoms. The van der Waals surface area contributed by atoms with Crippen LogP contribution in [0.1, 0.15) is 12.8 Å². The molecule has 0 radical (unpaired) electrons. The van der Waals surface area contributed by atoms with Gasteiger partial charge in [0.05, 0.1) is 7.11 Å². The molecule has 3 rings (SSSR count). The smallest absolute Gasteiger partial charge is 0.321 e. The molecule has 0 aliphatic carbocycles. The SMILES string of the molecule is COc1ccc(NC(=O)N2CCC(CN(C)C)CN3CC[C@@H]3C2)cc1. The Kier molecular flexibility index (Phi) is 5.81. The van der Waals surface area contributed by atoms with Crippen molar-refractivity contribution in [2.45, 2.75) is 18.9 Å². The topological polar surface area (TPSA) is 48.1 Å². The molecule has 2 aliphatic heterocycles. The molecular weight excluding hydrogens is 316 g/mol. The first-order chi connectivity index (χ1) is 12.0. The lowest BCUT2D eigenvalue weighted by Gasteiger charge is -2.47. The standard InChI is InChI=1S/C19H30N4O2/c1-21(2)12-15-8-10-23(14-17-9-11-22(17)13-15)19(24)20-16-4-6-18(25-3)7-5-16/h4-7,15,17H,8-14H2,1-3H3,(H,20,24)/t15?,17-/m1/s1. The molecule has 2 amide bonds. The fraction of sp³-hybridized carbons (Fsp3) is 0.632. The van der Waals surface area contributed by atoms with Gasteiger partial charge in [0.1, 0.15) is 5.75 Å². The number of urea groups is 1. The minimum absolute atomic E-state index is 0.00233. The Morgan fingerprint density at radius 3 is 2.56 bits per heavy atom. The molecule has 25 heavy (non-hydrogen) atoms. The summed E-state index contributed by atoms with van der Waals surface area (Å²) in [6, 6.07) is 8.01. The molecule has 1 aromatic rings. The zero-order valence-electron chi connectivity index (χ0n) is 15.6. The highest BCUT2D eigenvalue weighted by molar-refractivity contribution is 5.89. The van der Waals surface area contributed by atoms with Crippen LogP contribution in [-0.4, -0.2) is 80.7 Å². The molecule has 0 aromatic heterocycles. The van der Waals surface area contributed by atoms with Crippen LogP contribution in [0.2, 0.25) is 0 Å². The number of amides is 2. The number of hydrogen-bond acceptors (Lipinski definition) is 4. The molecule has 138 valence electrons. The van der Waals surface area contributed by atoms with Crippen LogP contribution in [0, 0.1) is 5.92 Å². The van der Waals surface area contributed by atoms with Gasteiger partial charge in [0.2, 0.25) is 0 Å². The molecule has 2 aliphatic rings. The third-order valence-electron chi connectivity index (χ3n) is 5.25. The summed E-state index contributed by atoms with van der Waals surface area (Å²) in [6.45, 7) is 5.07. The second kappa shape index (κ2) is 8.06. The van der Waals surface area contributed by atoms with Gasteiger partial charge in [0.15, 0.2) is 0 Å². The fourth-order valence-corrected chi connectivity index (χ4v) is 3.78. The first kappa shape index (κ1) is 18.0. The summed E-state index contributed by atoms with van der Waals surface area (Å²) >= 11 is 0. The van der Waals surface area contributed by atoms with Crippen LogP contribution in [0.3, 0.4) is 0 Å². The summed E-state index contributed by atoms with van der Waals surface area (Å²) in [7, 11) is 5.89. The Bertz CT molecular complexity index is 575. The predicted molar refractivity (Wildman–Crippen MR) is 100 cm³/mol. The zero-order valence-corrected chi connectivity index (χ0v) is 15.6. The van der Waals surface area contributed by atoms with Crippen molar-refractivity contribution >= 4 is 11.7 Å². The second-order valence-electron chi connectivity index (χ2n) is 7.46. The van der Waals surface area contributed by atoms with E-state index in [1.54, 1.807) is 7.11 Å². The summed E-state index contributed by atoms with van der Waals surface area (Å²) in [5.41, 5.74) is 0.808. The van der Waals surface area contributed by atoms with E-state index in [-0.39, 0.29) is 6.03 Å². The molecule has 2 fully saturated rings. The van der Waals surface area contributed by atoms with Gasteiger partial charge >= 0.3 is 6.03 Å². The molecule has 2 saturated heterocycles. The lowest BCUT2D eigenvalue weighted by atomic mass is 9.94. The average Bonchev–Trinajstić information content (AvgIpc) is 2.57. The number of anilines is 1. The largest absolute Gasteiger partial charge is 0.497 e. The van der Waals surface area contributed by atoms with Crippen molar-refractivity contribution in [1.82, 2.24) is 14.7 Å². The lowest BCUT2D eigenvalue weighted by Crippen LogP contribution is -2.58. The van der Waals surface area contributed by atoms with Gasteiger partial charge in [0, 0.05) is 44.5 Å². The molecule has 0 saturated carbocycles. The number of nitrogens with zero attached hydrogens (tertiary/aromatic N) is 3. The number of nitrogens with one attached hydrogen (secondary N) is 1. The lowest BCUT2D eigenvalue weighted by molar-refractivity contribution is 0.0276. The van der Waals surface area contributed by atoms with E-state index >= 15 is 0 Å². The van der Waals surface area contributed by atoms with Gasteiger partial charge < -0.3 is 19.9 Å². The third kappa shape index (κ3) is 4.64. The quantitative estimate of drug-likeness (QED) is 0.908. The average molecular weight is 346 g/mol. The van der Waals surface area contributed by atoms with E-state index in [0.717, 1.165) is 44.0 Å². The van der Waals surface area contributed by atoms with Gasteiger partial charge in [0.25, 0.3) is 0 Å². The van der Waals surface area contributed by atoms with Gasteiger partial charge in [-0.25, -0.2) is 4.79 Å². The van der Waals surface area contributed by atoms with E-state index < -0.39 is 0 Å². The summed E-state index contributed by atoms with van der Waals surface area (Å²) in [6.07, 6.45) is 2.25. The van der Waals surface area contributed by atoms with Crippen molar-refractivity contribution in [1.29, 1.82) is 0 Å². The highest BCUT2D eigenvalue weighted by Crippen LogP contribution is 2.25. The highest BCUT2D eigenvalue weighted by Gasteiger charge is 2.34. The Balaban J connectivity index is 1.62. The Labute approximate surface area is 150 Å². The first-order valence-electron chi connectivity index (χ1n) is 9.14. The number of rotatable bonds is 4. The summed E-state index contributed by atoms with van der Waals surface area (Å²) < 4.78 is 5.17. The van der Waals surface area contributed by atoms with E-state index in [9.17, 15) is 4.79 Å². The van der Waals surface area contributed by atoms with Crippen LogP contribution in [-0.2, 0) is 0 Å².